The number of hydrogen-bond acceptors (Lipinski definition) is 17. The normalized spacial score (nSPS) is 29.4. The molecule has 2 aliphatic rings. The first-order chi connectivity index (χ1) is 25.8. The molecule has 0 spiro atoms. The van der Waals surface area contributed by atoms with E-state index in [9.17, 15) is 55.5 Å². The van der Waals surface area contributed by atoms with Crippen LogP contribution in [0.3, 0.4) is 0 Å². The van der Waals surface area contributed by atoms with Gasteiger partial charge in [0, 0.05) is 6.42 Å². The standard InChI is InChI=1S/C37H44O17/c38-16-25-28(41)30(43)32(45)34(53-25)51-23-10-6-21(7-11-23)18-49-27(40)15-37(48,14-20-4-2-1-3-5-20)36(47)50-19-22-8-12-24(13-9-22)52-35-33(46)31(44)29(42)26(17-39)54-35/h1-13,25-26,28-35,38-39,41-46,48H,14-19H2/t25-,26+,28-,29+,30+,31-,32-,33+,34-,35+,37+/m0/s1. The van der Waals surface area contributed by atoms with Gasteiger partial charge in [-0.3, -0.25) is 4.79 Å². The van der Waals surface area contributed by atoms with Crippen LogP contribution >= 0.6 is 0 Å². The van der Waals surface area contributed by atoms with E-state index >= 15 is 0 Å². The lowest BCUT2D eigenvalue weighted by Gasteiger charge is -2.39. The summed E-state index contributed by atoms with van der Waals surface area (Å²) in [7, 11) is 0. The highest BCUT2D eigenvalue weighted by Crippen LogP contribution is 2.27. The lowest BCUT2D eigenvalue weighted by atomic mass is 9.91. The van der Waals surface area contributed by atoms with Crippen LogP contribution in [0, 0.1) is 0 Å². The second-order valence-corrected chi connectivity index (χ2v) is 13.0. The van der Waals surface area contributed by atoms with Crippen molar-refractivity contribution in [3.8, 4) is 11.5 Å². The van der Waals surface area contributed by atoms with E-state index in [4.69, 9.17) is 28.4 Å². The molecule has 0 amide bonds. The summed E-state index contributed by atoms with van der Waals surface area (Å²) in [4.78, 5) is 26.3. The van der Waals surface area contributed by atoms with E-state index in [1.165, 1.54) is 48.5 Å². The largest absolute Gasteiger partial charge is 0.462 e. The molecule has 3 aromatic carbocycles. The molecule has 2 aliphatic heterocycles. The Hall–Kier alpha value is -4.24. The Bertz CT molecular complexity index is 1640. The third kappa shape index (κ3) is 10.1. The number of aliphatic hydroxyl groups is 9. The van der Waals surface area contributed by atoms with Gasteiger partial charge in [-0.25, -0.2) is 4.79 Å². The van der Waals surface area contributed by atoms with Crippen LogP contribution in [0.1, 0.15) is 23.1 Å². The quantitative estimate of drug-likeness (QED) is 0.0773. The number of carbonyl (C=O) groups excluding carboxylic acids is 2. The summed E-state index contributed by atoms with van der Waals surface area (Å²) in [5.74, 6) is -1.60. The van der Waals surface area contributed by atoms with Gasteiger partial charge in [0.2, 0.25) is 12.6 Å². The maximum absolute atomic E-state index is 13.3. The number of aliphatic hydroxyl groups excluding tert-OH is 8. The van der Waals surface area contributed by atoms with Crippen molar-refractivity contribution in [1.82, 2.24) is 0 Å². The molecule has 2 saturated heterocycles. The molecule has 0 radical (unpaired) electrons. The van der Waals surface area contributed by atoms with E-state index in [1.54, 1.807) is 30.3 Å². The van der Waals surface area contributed by atoms with Crippen LogP contribution in [0.15, 0.2) is 78.9 Å². The molecule has 0 aromatic heterocycles. The van der Waals surface area contributed by atoms with Gasteiger partial charge < -0.3 is 74.4 Å². The minimum Gasteiger partial charge on any atom is -0.462 e. The zero-order chi connectivity index (χ0) is 39.0. The number of rotatable bonds is 15. The summed E-state index contributed by atoms with van der Waals surface area (Å²) in [6.45, 7) is -1.78. The van der Waals surface area contributed by atoms with Gasteiger partial charge in [-0.1, -0.05) is 54.6 Å². The third-order valence-electron chi connectivity index (χ3n) is 8.97. The average molecular weight is 761 g/mol. The Labute approximate surface area is 309 Å². The molecule has 0 bridgehead atoms. The molecule has 3 aromatic rings. The van der Waals surface area contributed by atoms with Crippen molar-refractivity contribution in [2.24, 2.45) is 0 Å². The Morgan fingerprint density at radius 2 is 1.02 bits per heavy atom. The van der Waals surface area contributed by atoms with E-state index < -0.39 is 98.6 Å². The lowest BCUT2D eigenvalue weighted by Crippen LogP contribution is -2.60. The SMILES string of the molecule is O=C(C[C@](O)(Cc1ccccc1)C(=O)OCc1ccc(O[C@@H]2O[C@H](CO)[C@@H](O)[C@H](O)[C@H]2O)cc1)OCc1ccc(O[C@H]2O[C@@H](CO)[C@H](O)[C@@H](O)[C@@H]2O)cc1. The topological polar surface area (TPSA) is 272 Å². The van der Waals surface area contributed by atoms with Crippen LogP contribution < -0.4 is 9.47 Å². The Morgan fingerprint density at radius 1 is 0.574 bits per heavy atom. The number of benzene rings is 3. The summed E-state index contributed by atoms with van der Waals surface area (Å²) in [5, 5.41) is 90.6. The molecule has 2 fully saturated rings. The second kappa shape index (κ2) is 18.4. The molecule has 54 heavy (non-hydrogen) atoms. The van der Waals surface area contributed by atoms with Crippen LogP contribution in [-0.4, -0.2) is 138 Å². The fourth-order valence-electron chi connectivity index (χ4n) is 5.80. The molecule has 11 atom stereocenters. The summed E-state index contributed by atoms with van der Waals surface area (Å²) < 4.78 is 32.6. The summed E-state index contributed by atoms with van der Waals surface area (Å²) in [6.07, 6.45) is -15.6. The van der Waals surface area contributed by atoms with Crippen LogP contribution in [0.4, 0.5) is 0 Å². The van der Waals surface area contributed by atoms with Crippen molar-refractivity contribution >= 4 is 11.9 Å². The maximum atomic E-state index is 13.3. The van der Waals surface area contributed by atoms with Crippen molar-refractivity contribution in [2.75, 3.05) is 13.2 Å². The van der Waals surface area contributed by atoms with Gasteiger partial charge in [-0.05, 0) is 41.0 Å². The Balaban J connectivity index is 1.16. The summed E-state index contributed by atoms with van der Waals surface area (Å²) >= 11 is 0. The number of ether oxygens (including phenoxy) is 6. The van der Waals surface area contributed by atoms with Gasteiger partial charge in [-0.15, -0.1) is 0 Å². The highest BCUT2D eigenvalue weighted by Gasteiger charge is 2.46. The van der Waals surface area contributed by atoms with Gasteiger partial charge >= 0.3 is 11.9 Å². The Kier molecular flexibility index (Phi) is 13.9. The molecular formula is C37H44O17. The number of esters is 2. The van der Waals surface area contributed by atoms with Crippen molar-refractivity contribution < 1.29 is 84.0 Å². The van der Waals surface area contributed by atoms with Crippen molar-refractivity contribution in [1.29, 1.82) is 0 Å². The van der Waals surface area contributed by atoms with Gasteiger partial charge in [0.15, 0.2) is 5.60 Å². The maximum Gasteiger partial charge on any atom is 0.339 e. The Morgan fingerprint density at radius 3 is 1.46 bits per heavy atom. The molecule has 17 heteroatoms. The van der Waals surface area contributed by atoms with Crippen molar-refractivity contribution in [2.45, 2.75) is 93.1 Å². The van der Waals surface area contributed by atoms with Crippen LogP contribution in [0.25, 0.3) is 0 Å². The lowest BCUT2D eigenvalue weighted by molar-refractivity contribution is -0.277. The first-order valence-electron chi connectivity index (χ1n) is 17.0. The first kappa shape index (κ1) is 40.9. The average Bonchev–Trinajstić information content (AvgIpc) is 3.17. The third-order valence-corrected chi connectivity index (χ3v) is 8.97. The molecular weight excluding hydrogens is 716 g/mol. The fraction of sp³-hybridized carbons (Fsp3) is 0.459. The highest BCUT2D eigenvalue weighted by molar-refractivity contribution is 5.86. The monoisotopic (exact) mass is 760 g/mol. The number of hydrogen-bond donors (Lipinski definition) is 9. The fourth-order valence-corrected chi connectivity index (χ4v) is 5.80. The van der Waals surface area contributed by atoms with E-state index in [0.29, 0.717) is 16.7 Å². The van der Waals surface area contributed by atoms with Crippen molar-refractivity contribution in [3.05, 3.63) is 95.6 Å². The molecule has 9 N–H and O–H groups in total. The summed E-state index contributed by atoms with van der Waals surface area (Å²) in [6, 6.07) is 20.5. The van der Waals surface area contributed by atoms with Gasteiger partial charge in [0.25, 0.3) is 0 Å². The van der Waals surface area contributed by atoms with E-state index in [1.807, 2.05) is 0 Å². The van der Waals surface area contributed by atoms with Crippen LogP contribution in [0.5, 0.6) is 11.5 Å². The zero-order valence-electron chi connectivity index (χ0n) is 28.8. The van der Waals surface area contributed by atoms with Gasteiger partial charge in [0.1, 0.15) is 73.5 Å². The molecule has 5 rings (SSSR count). The van der Waals surface area contributed by atoms with Gasteiger partial charge in [-0.2, -0.15) is 0 Å². The minimum absolute atomic E-state index is 0.189. The molecule has 17 nitrogen and oxygen atoms in total. The summed E-state index contributed by atoms with van der Waals surface area (Å²) in [5.41, 5.74) is -0.798. The molecule has 294 valence electrons. The highest BCUT2D eigenvalue weighted by atomic mass is 16.7. The predicted molar refractivity (Wildman–Crippen MR) is 181 cm³/mol. The molecule has 0 unspecified atom stereocenters. The molecule has 0 saturated carbocycles. The van der Waals surface area contributed by atoms with Crippen LogP contribution in [-0.2, 0) is 48.2 Å². The molecule has 0 aliphatic carbocycles. The van der Waals surface area contributed by atoms with Crippen LogP contribution in [0.2, 0.25) is 0 Å². The predicted octanol–water partition coefficient (Wildman–Crippen LogP) is -1.81. The zero-order valence-corrected chi connectivity index (χ0v) is 28.8. The number of carbonyl (C=O) groups is 2. The van der Waals surface area contributed by atoms with E-state index in [0.717, 1.165) is 0 Å². The van der Waals surface area contributed by atoms with Gasteiger partial charge in [0.05, 0.1) is 19.6 Å². The minimum atomic E-state index is -2.31. The first-order valence-corrected chi connectivity index (χ1v) is 17.0. The molecule has 2 heterocycles. The smallest absolute Gasteiger partial charge is 0.339 e. The second-order valence-electron chi connectivity index (χ2n) is 13.0. The van der Waals surface area contributed by atoms with Crippen molar-refractivity contribution in [3.63, 3.8) is 0 Å². The van der Waals surface area contributed by atoms with E-state index in [2.05, 4.69) is 0 Å². The van der Waals surface area contributed by atoms with E-state index in [-0.39, 0.29) is 31.1 Å².